The van der Waals surface area contributed by atoms with E-state index in [4.69, 9.17) is 4.74 Å². The van der Waals surface area contributed by atoms with E-state index in [1.165, 1.54) is 0 Å². The molecule has 2 fully saturated rings. The van der Waals surface area contributed by atoms with E-state index in [0.29, 0.717) is 18.5 Å². The Labute approximate surface area is 137 Å². The van der Waals surface area contributed by atoms with Crippen LogP contribution < -0.4 is 4.74 Å². The van der Waals surface area contributed by atoms with Gasteiger partial charge in [-0.3, -0.25) is 4.79 Å². The van der Waals surface area contributed by atoms with E-state index in [2.05, 4.69) is 4.98 Å². The topological polar surface area (TPSA) is 62.7 Å². The zero-order chi connectivity index (χ0) is 16.4. The van der Waals surface area contributed by atoms with Gasteiger partial charge in [-0.1, -0.05) is 0 Å². The predicted molar refractivity (Wildman–Crippen MR) is 86.9 cm³/mol. The summed E-state index contributed by atoms with van der Waals surface area (Å²) in [5.41, 5.74) is 1.03. The molecule has 23 heavy (non-hydrogen) atoms. The van der Waals surface area contributed by atoms with Crippen molar-refractivity contribution in [2.24, 2.45) is 5.92 Å². The number of rotatable bonds is 6. The van der Waals surface area contributed by atoms with Crippen LogP contribution in [0.1, 0.15) is 51.5 Å². The summed E-state index contributed by atoms with van der Waals surface area (Å²) in [4.78, 5) is 19.0. The molecule has 1 heterocycles. The number of aliphatic hydroxyl groups excluding tert-OH is 1. The number of hydrogen-bond donors (Lipinski definition) is 1. The third-order valence-corrected chi connectivity index (χ3v) is 4.58. The molecule has 0 aliphatic heterocycles. The smallest absolute Gasteiger partial charge is 0.228 e. The zero-order valence-corrected chi connectivity index (χ0v) is 13.9. The molecule has 2 aliphatic carbocycles. The molecule has 0 spiro atoms. The van der Waals surface area contributed by atoms with Crippen LogP contribution in [0.4, 0.5) is 0 Å². The fourth-order valence-electron chi connectivity index (χ4n) is 3.27. The predicted octanol–water partition coefficient (Wildman–Crippen LogP) is 2.52. The van der Waals surface area contributed by atoms with Gasteiger partial charge in [0.2, 0.25) is 11.8 Å². The summed E-state index contributed by atoms with van der Waals surface area (Å²) in [6.45, 7) is 4.51. The van der Waals surface area contributed by atoms with E-state index in [1.807, 2.05) is 30.9 Å². The average molecular weight is 318 g/mol. The number of amides is 1. The van der Waals surface area contributed by atoms with Crippen molar-refractivity contribution in [1.82, 2.24) is 9.88 Å². The first-order chi connectivity index (χ1) is 11.0. The minimum atomic E-state index is -0.471. The molecule has 0 aromatic carbocycles. The van der Waals surface area contributed by atoms with Crippen LogP contribution in [0.2, 0.25) is 0 Å². The largest absolute Gasteiger partial charge is 0.475 e. The van der Waals surface area contributed by atoms with Gasteiger partial charge in [0.15, 0.2) is 0 Å². The lowest BCUT2D eigenvalue weighted by Gasteiger charge is -2.27. The third-order valence-electron chi connectivity index (χ3n) is 4.58. The highest BCUT2D eigenvalue weighted by Gasteiger charge is 2.40. The minimum absolute atomic E-state index is 0.0764. The van der Waals surface area contributed by atoms with Crippen molar-refractivity contribution in [2.75, 3.05) is 0 Å². The van der Waals surface area contributed by atoms with Gasteiger partial charge >= 0.3 is 0 Å². The number of ether oxygens (including phenoxy) is 1. The molecule has 2 atom stereocenters. The van der Waals surface area contributed by atoms with Gasteiger partial charge in [-0.2, -0.15) is 0 Å². The van der Waals surface area contributed by atoms with Gasteiger partial charge in [-0.15, -0.1) is 0 Å². The maximum absolute atomic E-state index is 12.8. The van der Waals surface area contributed by atoms with Crippen LogP contribution in [0.3, 0.4) is 0 Å². The standard InChI is InChI=1S/C18H26N2O3/c1-12(2)23-17-10-13(8-9-19-17)11-20(14-6-7-14)18(22)15-4-3-5-16(15)21/h8-10,12,14-16,21H,3-7,11H2,1-2H3. The van der Waals surface area contributed by atoms with Crippen molar-refractivity contribution in [3.05, 3.63) is 23.9 Å². The summed E-state index contributed by atoms with van der Waals surface area (Å²) in [6, 6.07) is 4.17. The molecule has 0 saturated heterocycles. The Kier molecular flexibility index (Phi) is 4.85. The van der Waals surface area contributed by atoms with Gasteiger partial charge in [0.05, 0.1) is 18.1 Å². The number of pyridine rings is 1. The van der Waals surface area contributed by atoms with E-state index >= 15 is 0 Å². The number of aliphatic hydroxyl groups is 1. The second-order valence-electron chi connectivity index (χ2n) is 6.97. The van der Waals surface area contributed by atoms with Crippen LogP contribution in [-0.4, -0.2) is 39.1 Å². The van der Waals surface area contributed by atoms with E-state index < -0.39 is 6.10 Å². The van der Waals surface area contributed by atoms with E-state index in [0.717, 1.165) is 37.7 Å². The molecule has 2 unspecified atom stereocenters. The maximum Gasteiger partial charge on any atom is 0.228 e. The number of aromatic nitrogens is 1. The number of hydrogen-bond acceptors (Lipinski definition) is 4. The van der Waals surface area contributed by atoms with Crippen molar-refractivity contribution in [3.8, 4) is 5.88 Å². The van der Waals surface area contributed by atoms with Crippen molar-refractivity contribution in [3.63, 3.8) is 0 Å². The summed E-state index contributed by atoms with van der Waals surface area (Å²) in [5, 5.41) is 10.0. The van der Waals surface area contributed by atoms with Crippen LogP contribution >= 0.6 is 0 Å². The summed E-state index contributed by atoms with van der Waals surface area (Å²) in [7, 11) is 0. The van der Waals surface area contributed by atoms with E-state index in [9.17, 15) is 9.90 Å². The van der Waals surface area contributed by atoms with Gasteiger partial charge < -0.3 is 14.7 Å². The van der Waals surface area contributed by atoms with Crippen LogP contribution in [0.25, 0.3) is 0 Å². The molecule has 5 heteroatoms. The number of nitrogens with zero attached hydrogens (tertiary/aromatic N) is 2. The van der Waals surface area contributed by atoms with Gasteiger partial charge in [-0.25, -0.2) is 4.98 Å². The lowest BCUT2D eigenvalue weighted by Crippen LogP contribution is -2.40. The summed E-state index contributed by atoms with van der Waals surface area (Å²) < 4.78 is 5.64. The molecule has 2 aliphatic rings. The molecule has 1 aromatic heterocycles. The van der Waals surface area contributed by atoms with E-state index in [1.54, 1.807) is 6.20 Å². The highest BCUT2D eigenvalue weighted by atomic mass is 16.5. The molecule has 126 valence electrons. The van der Waals surface area contributed by atoms with Gasteiger partial charge in [0.1, 0.15) is 0 Å². The molecule has 0 radical (unpaired) electrons. The molecule has 5 nitrogen and oxygen atoms in total. The lowest BCUT2D eigenvalue weighted by molar-refractivity contribution is -0.139. The van der Waals surface area contributed by atoms with Gasteiger partial charge in [0, 0.05) is 24.8 Å². The fourth-order valence-corrected chi connectivity index (χ4v) is 3.27. The molecule has 0 bridgehead atoms. The third kappa shape index (κ3) is 4.02. The Morgan fingerprint density at radius 1 is 1.39 bits per heavy atom. The quantitative estimate of drug-likeness (QED) is 0.875. The lowest BCUT2D eigenvalue weighted by atomic mass is 10.0. The van der Waals surface area contributed by atoms with Crippen LogP contribution in [0.5, 0.6) is 5.88 Å². The molecule has 1 aromatic rings. The Balaban J connectivity index is 1.71. The molecule has 1 N–H and O–H groups in total. The molecule has 2 saturated carbocycles. The van der Waals surface area contributed by atoms with Crippen molar-refractivity contribution in [2.45, 2.75) is 70.7 Å². The zero-order valence-electron chi connectivity index (χ0n) is 13.9. The normalized spacial score (nSPS) is 24.0. The van der Waals surface area contributed by atoms with Gasteiger partial charge in [0.25, 0.3) is 0 Å². The maximum atomic E-state index is 12.8. The minimum Gasteiger partial charge on any atom is -0.475 e. The first-order valence-electron chi connectivity index (χ1n) is 8.64. The first kappa shape index (κ1) is 16.2. The summed E-state index contributed by atoms with van der Waals surface area (Å²) >= 11 is 0. The number of carbonyl (C=O) groups is 1. The SMILES string of the molecule is CC(C)Oc1cc(CN(C(=O)C2CCCC2O)C2CC2)ccn1. The van der Waals surface area contributed by atoms with Crippen molar-refractivity contribution >= 4 is 5.91 Å². The Morgan fingerprint density at radius 2 is 2.17 bits per heavy atom. The Hall–Kier alpha value is -1.62. The summed E-state index contributed by atoms with van der Waals surface area (Å²) in [6.07, 6.45) is 5.96. The molecule has 3 rings (SSSR count). The Morgan fingerprint density at radius 3 is 2.78 bits per heavy atom. The Bertz CT molecular complexity index is 557. The second-order valence-corrected chi connectivity index (χ2v) is 6.97. The highest BCUT2D eigenvalue weighted by molar-refractivity contribution is 5.80. The fraction of sp³-hybridized carbons (Fsp3) is 0.667. The number of carbonyl (C=O) groups excluding carboxylic acids is 1. The van der Waals surface area contributed by atoms with Crippen molar-refractivity contribution in [1.29, 1.82) is 0 Å². The van der Waals surface area contributed by atoms with Crippen molar-refractivity contribution < 1.29 is 14.6 Å². The van der Waals surface area contributed by atoms with Crippen LogP contribution in [-0.2, 0) is 11.3 Å². The molecular weight excluding hydrogens is 292 g/mol. The monoisotopic (exact) mass is 318 g/mol. The van der Waals surface area contributed by atoms with Crippen LogP contribution in [0, 0.1) is 5.92 Å². The molecule has 1 amide bonds. The van der Waals surface area contributed by atoms with E-state index in [-0.39, 0.29) is 17.9 Å². The first-order valence-corrected chi connectivity index (χ1v) is 8.64. The molecular formula is C18H26N2O3. The average Bonchev–Trinajstić information content (AvgIpc) is 3.25. The highest BCUT2D eigenvalue weighted by Crippen LogP contribution is 2.34. The van der Waals surface area contributed by atoms with Crippen LogP contribution in [0.15, 0.2) is 18.3 Å². The second kappa shape index (κ2) is 6.87. The summed E-state index contributed by atoms with van der Waals surface area (Å²) in [5.74, 6) is 0.492. The van der Waals surface area contributed by atoms with Gasteiger partial charge in [-0.05, 0) is 57.6 Å².